The second-order valence-corrected chi connectivity index (χ2v) is 8.80. The van der Waals surface area contributed by atoms with Crippen molar-refractivity contribution >= 4 is 27.4 Å². The smallest absolute Gasteiger partial charge is 0.229 e. The van der Waals surface area contributed by atoms with Gasteiger partial charge in [0, 0.05) is 5.69 Å². The Balaban J connectivity index is 1.89. The number of sulfonamides is 1. The highest BCUT2D eigenvalue weighted by molar-refractivity contribution is 7.92. The molecule has 0 bridgehead atoms. The van der Waals surface area contributed by atoms with Gasteiger partial charge in [-0.15, -0.1) is 0 Å². The summed E-state index contributed by atoms with van der Waals surface area (Å²) in [7, 11) is -3.33. The van der Waals surface area contributed by atoms with Crippen LogP contribution in [0.15, 0.2) is 66.7 Å². The number of nitrogens with one attached hydrogen (secondary N) is 1. The van der Waals surface area contributed by atoms with E-state index < -0.39 is 10.0 Å². The lowest BCUT2D eigenvalue weighted by atomic mass is 9.92. The van der Waals surface area contributed by atoms with Crippen LogP contribution >= 0.6 is 0 Å². The molecular weight excluding hydrogens is 370 g/mol. The number of aryl methyl sites for hydroxylation is 2. The van der Waals surface area contributed by atoms with Gasteiger partial charge in [0.05, 0.1) is 6.26 Å². The lowest BCUT2D eigenvalue weighted by Crippen LogP contribution is -2.10. The fourth-order valence-corrected chi connectivity index (χ4v) is 4.25. The zero-order valence-electron chi connectivity index (χ0n) is 15.5. The molecule has 4 nitrogen and oxygen atoms in total. The number of hydrogen-bond acceptors (Lipinski definition) is 3. The maximum Gasteiger partial charge on any atom is 0.229 e. The van der Waals surface area contributed by atoms with Gasteiger partial charge in [-0.1, -0.05) is 42.5 Å². The molecule has 0 spiro atoms. The Morgan fingerprint density at radius 1 is 0.893 bits per heavy atom. The van der Waals surface area contributed by atoms with Gasteiger partial charge in [0.25, 0.3) is 0 Å². The van der Waals surface area contributed by atoms with E-state index in [0.717, 1.165) is 46.9 Å². The van der Waals surface area contributed by atoms with Gasteiger partial charge in [-0.25, -0.2) is 8.42 Å². The molecule has 3 aromatic rings. The molecule has 2 N–H and O–H groups in total. The number of fused-ring (bicyclic) bond motifs is 2. The largest absolute Gasteiger partial charge is 0.508 e. The monoisotopic (exact) mass is 391 g/mol. The van der Waals surface area contributed by atoms with Crippen molar-refractivity contribution in [1.82, 2.24) is 0 Å². The van der Waals surface area contributed by atoms with Crippen LogP contribution in [-0.4, -0.2) is 19.8 Å². The van der Waals surface area contributed by atoms with Crippen LogP contribution in [0.3, 0.4) is 0 Å². The quantitative estimate of drug-likeness (QED) is 0.693. The summed E-state index contributed by atoms with van der Waals surface area (Å²) in [6.07, 6.45) is 4.93. The van der Waals surface area contributed by atoms with Crippen LogP contribution in [0.4, 0.5) is 5.69 Å². The van der Waals surface area contributed by atoms with Crippen LogP contribution in [0, 0.1) is 0 Å². The van der Waals surface area contributed by atoms with Gasteiger partial charge in [0.2, 0.25) is 10.0 Å². The third kappa shape index (κ3) is 3.94. The number of hydrogen-bond donors (Lipinski definition) is 2. The Kier molecular flexibility index (Phi) is 4.69. The lowest BCUT2D eigenvalue weighted by Gasteiger charge is -2.14. The first-order chi connectivity index (χ1) is 13.4. The van der Waals surface area contributed by atoms with E-state index >= 15 is 0 Å². The van der Waals surface area contributed by atoms with E-state index in [1.807, 2.05) is 36.4 Å². The summed E-state index contributed by atoms with van der Waals surface area (Å²) >= 11 is 0. The minimum Gasteiger partial charge on any atom is -0.508 e. The standard InChI is InChI=1S/C23H21NO3S/c1-28(26,27)24-19-11-12-22-18(15-19)10-9-17-6-2-3-8-21(17)23(22)14-16-5-4-7-20(25)13-16/h2-8,11-15,24-25H,9-10H2,1H3. The van der Waals surface area contributed by atoms with E-state index in [2.05, 4.69) is 22.9 Å². The summed E-state index contributed by atoms with van der Waals surface area (Å²) in [5.74, 6) is 0.226. The van der Waals surface area contributed by atoms with E-state index in [4.69, 9.17) is 0 Å². The highest BCUT2D eigenvalue weighted by Gasteiger charge is 2.19. The van der Waals surface area contributed by atoms with Gasteiger partial charge < -0.3 is 5.11 Å². The van der Waals surface area contributed by atoms with Crippen LogP contribution < -0.4 is 4.72 Å². The summed E-state index contributed by atoms with van der Waals surface area (Å²) in [4.78, 5) is 0. The predicted molar refractivity (Wildman–Crippen MR) is 114 cm³/mol. The number of phenols is 1. The van der Waals surface area contributed by atoms with Gasteiger partial charge in [0.1, 0.15) is 5.75 Å². The van der Waals surface area contributed by atoms with Crippen molar-refractivity contribution in [2.75, 3.05) is 11.0 Å². The summed E-state index contributed by atoms with van der Waals surface area (Å²) < 4.78 is 25.8. The van der Waals surface area contributed by atoms with Crippen molar-refractivity contribution < 1.29 is 13.5 Å². The maximum atomic E-state index is 11.6. The molecule has 0 saturated carbocycles. The number of rotatable bonds is 3. The van der Waals surface area contributed by atoms with E-state index in [1.54, 1.807) is 18.2 Å². The number of benzene rings is 3. The van der Waals surface area contributed by atoms with Crippen LogP contribution in [0.1, 0.15) is 27.8 Å². The van der Waals surface area contributed by atoms with Crippen molar-refractivity contribution in [1.29, 1.82) is 0 Å². The molecule has 5 heteroatoms. The summed E-state index contributed by atoms with van der Waals surface area (Å²) in [6, 6.07) is 21.2. The Morgan fingerprint density at radius 2 is 1.64 bits per heavy atom. The zero-order chi connectivity index (χ0) is 19.7. The normalized spacial score (nSPS) is 14.8. The Bertz CT molecular complexity index is 1180. The molecule has 28 heavy (non-hydrogen) atoms. The van der Waals surface area contributed by atoms with E-state index in [-0.39, 0.29) is 5.75 Å². The molecule has 4 rings (SSSR count). The molecule has 0 aliphatic heterocycles. The predicted octanol–water partition coefficient (Wildman–Crippen LogP) is 4.45. The second kappa shape index (κ2) is 7.17. The molecule has 0 fully saturated rings. The maximum absolute atomic E-state index is 11.6. The van der Waals surface area contributed by atoms with Crippen molar-refractivity contribution in [2.45, 2.75) is 12.8 Å². The highest BCUT2D eigenvalue weighted by atomic mass is 32.2. The molecule has 142 valence electrons. The molecule has 0 amide bonds. The van der Waals surface area contributed by atoms with Gasteiger partial charge in [-0.05, 0) is 76.6 Å². The fraction of sp³-hybridized carbons (Fsp3) is 0.130. The van der Waals surface area contributed by atoms with Gasteiger partial charge in [-0.3, -0.25) is 4.72 Å². The van der Waals surface area contributed by atoms with Crippen LogP contribution in [-0.2, 0) is 22.9 Å². The third-order valence-corrected chi connectivity index (χ3v) is 5.46. The van der Waals surface area contributed by atoms with Gasteiger partial charge in [-0.2, -0.15) is 0 Å². The minimum atomic E-state index is -3.33. The lowest BCUT2D eigenvalue weighted by molar-refractivity contribution is 0.475. The molecule has 1 aliphatic rings. The summed E-state index contributed by atoms with van der Waals surface area (Å²) in [5, 5.41) is 9.84. The van der Waals surface area contributed by atoms with Gasteiger partial charge >= 0.3 is 0 Å². The van der Waals surface area contributed by atoms with Crippen LogP contribution in [0.2, 0.25) is 0 Å². The Labute approximate surface area is 165 Å². The molecule has 0 atom stereocenters. The molecule has 0 radical (unpaired) electrons. The van der Waals surface area contributed by atoms with E-state index in [1.165, 1.54) is 5.56 Å². The van der Waals surface area contributed by atoms with Crippen molar-refractivity contribution in [3.63, 3.8) is 0 Å². The highest BCUT2D eigenvalue weighted by Crippen LogP contribution is 2.36. The molecule has 0 heterocycles. The van der Waals surface area contributed by atoms with Crippen molar-refractivity contribution in [3.05, 3.63) is 94.5 Å². The first-order valence-corrected chi connectivity index (χ1v) is 11.0. The number of phenolic OH excluding ortho intramolecular Hbond substituents is 1. The SMILES string of the molecule is CS(=O)(=O)Nc1ccc2c(c1)CCc1ccccc1C2=Cc1cccc(O)c1. The van der Waals surface area contributed by atoms with Gasteiger partial charge in [0.15, 0.2) is 0 Å². The number of anilines is 1. The van der Waals surface area contributed by atoms with Crippen LogP contribution in [0.5, 0.6) is 5.75 Å². The molecule has 0 saturated heterocycles. The zero-order valence-corrected chi connectivity index (χ0v) is 16.3. The molecule has 1 aliphatic carbocycles. The first kappa shape index (κ1) is 18.3. The summed E-state index contributed by atoms with van der Waals surface area (Å²) in [5.41, 5.74) is 7.14. The third-order valence-electron chi connectivity index (χ3n) is 4.85. The Morgan fingerprint density at radius 3 is 2.43 bits per heavy atom. The average Bonchev–Trinajstić information content (AvgIpc) is 2.78. The van der Waals surface area contributed by atoms with E-state index in [0.29, 0.717) is 5.69 Å². The second-order valence-electron chi connectivity index (χ2n) is 7.06. The summed E-state index contributed by atoms with van der Waals surface area (Å²) in [6.45, 7) is 0. The van der Waals surface area contributed by atoms with Crippen molar-refractivity contribution in [3.8, 4) is 5.75 Å². The molecule has 0 unspecified atom stereocenters. The van der Waals surface area contributed by atoms with Crippen molar-refractivity contribution in [2.24, 2.45) is 0 Å². The average molecular weight is 391 g/mol. The van der Waals surface area contributed by atoms with Crippen LogP contribution in [0.25, 0.3) is 11.6 Å². The topological polar surface area (TPSA) is 66.4 Å². The number of aromatic hydroxyl groups is 1. The van der Waals surface area contributed by atoms with E-state index in [9.17, 15) is 13.5 Å². The molecular formula is C23H21NO3S. The fourth-order valence-electron chi connectivity index (χ4n) is 3.69. The first-order valence-electron chi connectivity index (χ1n) is 9.09. The Hall–Kier alpha value is -3.05. The molecule has 0 aromatic heterocycles. The molecule has 3 aromatic carbocycles. The minimum absolute atomic E-state index is 0.226.